The van der Waals surface area contributed by atoms with Gasteiger partial charge in [-0.2, -0.15) is 0 Å². The minimum Gasteiger partial charge on any atom is -0.493 e. The zero-order chi connectivity index (χ0) is 16.5. The van der Waals surface area contributed by atoms with Gasteiger partial charge in [-0.1, -0.05) is 30.0 Å². The van der Waals surface area contributed by atoms with Crippen LogP contribution in [-0.4, -0.2) is 28.1 Å². The lowest BCUT2D eigenvalue weighted by atomic mass is 10.1. The first-order valence-electron chi connectivity index (χ1n) is 7.86. The molecule has 0 bridgehead atoms. The van der Waals surface area contributed by atoms with Gasteiger partial charge in [0, 0.05) is 17.4 Å². The van der Waals surface area contributed by atoms with E-state index in [9.17, 15) is 4.79 Å². The fourth-order valence-corrected chi connectivity index (χ4v) is 3.81. The molecule has 4 rings (SSSR count). The number of aromatic nitrogens is 2. The molecule has 1 aliphatic rings. The number of thioether (sulfide) groups is 1. The van der Waals surface area contributed by atoms with Gasteiger partial charge in [0.05, 0.1) is 17.9 Å². The van der Waals surface area contributed by atoms with Gasteiger partial charge in [-0.25, -0.2) is 9.97 Å². The summed E-state index contributed by atoms with van der Waals surface area (Å²) in [5.41, 5.74) is 2.77. The van der Waals surface area contributed by atoms with E-state index in [1.165, 1.54) is 11.8 Å². The normalized spacial score (nSPS) is 12.9. The van der Waals surface area contributed by atoms with E-state index in [-0.39, 0.29) is 5.78 Å². The van der Waals surface area contributed by atoms with Gasteiger partial charge in [0.1, 0.15) is 16.6 Å². The quantitative estimate of drug-likeness (QED) is 0.411. The standard InChI is InChI=1S/C19H16N2O2S/c1-12-20-16-5-3-2-4-15(16)19(21-12)24-11-17(22)13-6-7-18-14(10-13)8-9-23-18/h2-7,10H,8-9,11H2,1H3. The van der Waals surface area contributed by atoms with Crippen molar-refractivity contribution in [1.82, 2.24) is 9.97 Å². The molecule has 2 aromatic carbocycles. The van der Waals surface area contributed by atoms with E-state index < -0.39 is 0 Å². The molecule has 1 aliphatic heterocycles. The highest BCUT2D eigenvalue weighted by atomic mass is 32.2. The molecule has 0 spiro atoms. The Hall–Kier alpha value is -2.40. The van der Waals surface area contributed by atoms with E-state index in [1.54, 1.807) is 0 Å². The molecular formula is C19H16N2O2S. The Kier molecular flexibility index (Phi) is 3.94. The van der Waals surface area contributed by atoms with Crippen LogP contribution in [-0.2, 0) is 6.42 Å². The molecule has 0 radical (unpaired) electrons. The highest BCUT2D eigenvalue weighted by Gasteiger charge is 2.16. The maximum atomic E-state index is 12.5. The lowest BCUT2D eigenvalue weighted by Crippen LogP contribution is -2.04. The summed E-state index contributed by atoms with van der Waals surface area (Å²) in [6.45, 7) is 2.58. The van der Waals surface area contributed by atoms with E-state index in [1.807, 2.05) is 49.4 Å². The molecule has 0 aliphatic carbocycles. The summed E-state index contributed by atoms with van der Waals surface area (Å²) in [6, 6.07) is 13.6. The molecule has 0 saturated heterocycles. The second-order valence-electron chi connectivity index (χ2n) is 5.73. The predicted molar refractivity (Wildman–Crippen MR) is 95.0 cm³/mol. The number of rotatable bonds is 4. The van der Waals surface area contributed by atoms with Crippen LogP contribution in [0.4, 0.5) is 0 Å². The number of benzene rings is 2. The molecule has 4 nitrogen and oxygen atoms in total. The van der Waals surface area contributed by atoms with E-state index in [4.69, 9.17) is 4.74 Å². The first-order valence-corrected chi connectivity index (χ1v) is 8.84. The Morgan fingerprint density at radius 1 is 1.21 bits per heavy atom. The molecule has 0 fully saturated rings. The topological polar surface area (TPSA) is 52.1 Å². The fourth-order valence-electron chi connectivity index (χ4n) is 2.85. The number of nitrogens with zero attached hydrogens (tertiary/aromatic N) is 2. The number of carbonyl (C=O) groups is 1. The number of Topliss-reactive ketones (excluding diaryl/α,β-unsaturated/α-hetero) is 1. The number of carbonyl (C=O) groups excluding carboxylic acids is 1. The van der Waals surface area contributed by atoms with E-state index >= 15 is 0 Å². The Bertz CT molecular complexity index is 940. The molecule has 2 heterocycles. The number of ether oxygens (including phenoxy) is 1. The summed E-state index contributed by atoms with van der Waals surface area (Å²) < 4.78 is 5.49. The summed E-state index contributed by atoms with van der Waals surface area (Å²) in [5, 5.41) is 1.85. The summed E-state index contributed by atoms with van der Waals surface area (Å²) in [4.78, 5) is 21.5. The Labute approximate surface area is 144 Å². The van der Waals surface area contributed by atoms with Crippen LogP contribution in [0, 0.1) is 6.92 Å². The van der Waals surface area contributed by atoms with Gasteiger partial charge in [-0.05, 0) is 36.8 Å². The first-order chi connectivity index (χ1) is 11.7. The monoisotopic (exact) mass is 336 g/mol. The zero-order valence-corrected chi connectivity index (χ0v) is 14.1. The summed E-state index contributed by atoms with van der Waals surface area (Å²) in [5.74, 6) is 2.09. The SMILES string of the molecule is Cc1nc(SCC(=O)c2ccc3c(c2)CCO3)c2ccccc2n1. The number of hydrogen-bond acceptors (Lipinski definition) is 5. The van der Waals surface area contributed by atoms with Crippen molar-refractivity contribution in [3.63, 3.8) is 0 Å². The van der Waals surface area contributed by atoms with Crippen molar-refractivity contribution >= 4 is 28.4 Å². The second-order valence-corrected chi connectivity index (χ2v) is 6.69. The third-order valence-electron chi connectivity index (χ3n) is 4.03. The molecule has 120 valence electrons. The first kappa shape index (κ1) is 15.1. The molecule has 0 N–H and O–H groups in total. The molecule has 3 aromatic rings. The molecule has 1 aromatic heterocycles. The highest BCUT2D eigenvalue weighted by Crippen LogP contribution is 2.28. The number of hydrogen-bond donors (Lipinski definition) is 0. The molecular weight excluding hydrogens is 320 g/mol. The predicted octanol–water partition coefficient (Wildman–Crippen LogP) is 3.85. The van der Waals surface area contributed by atoms with Gasteiger partial charge in [0.2, 0.25) is 0 Å². The van der Waals surface area contributed by atoms with Crippen LogP contribution in [0.25, 0.3) is 10.9 Å². The largest absolute Gasteiger partial charge is 0.493 e. The minimum absolute atomic E-state index is 0.107. The van der Waals surface area contributed by atoms with Crippen molar-refractivity contribution in [3.05, 3.63) is 59.4 Å². The van der Waals surface area contributed by atoms with Crippen LogP contribution in [0.2, 0.25) is 0 Å². The second kappa shape index (κ2) is 6.24. The van der Waals surface area contributed by atoms with Crippen molar-refractivity contribution in [1.29, 1.82) is 0 Å². The average Bonchev–Trinajstić information content (AvgIpc) is 3.06. The Morgan fingerprint density at radius 3 is 3.00 bits per heavy atom. The molecule has 0 unspecified atom stereocenters. The summed E-state index contributed by atoms with van der Waals surface area (Å²) in [7, 11) is 0. The van der Waals surface area contributed by atoms with Gasteiger partial charge in [0.25, 0.3) is 0 Å². The maximum absolute atomic E-state index is 12.5. The van der Waals surface area contributed by atoms with Crippen LogP contribution < -0.4 is 4.74 Å². The van der Waals surface area contributed by atoms with Crippen molar-refractivity contribution in [3.8, 4) is 5.75 Å². The van der Waals surface area contributed by atoms with E-state index in [2.05, 4.69) is 9.97 Å². The molecule has 24 heavy (non-hydrogen) atoms. The Balaban J connectivity index is 1.56. The molecule has 5 heteroatoms. The van der Waals surface area contributed by atoms with Gasteiger partial charge in [-0.3, -0.25) is 4.79 Å². The van der Waals surface area contributed by atoms with Crippen LogP contribution in [0.5, 0.6) is 5.75 Å². The third-order valence-corrected chi connectivity index (χ3v) is 5.02. The number of fused-ring (bicyclic) bond motifs is 2. The molecule has 0 amide bonds. The van der Waals surface area contributed by atoms with Gasteiger partial charge in [0.15, 0.2) is 5.78 Å². The Morgan fingerprint density at radius 2 is 2.08 bits per heavy atom. The van der Waals surface area contributed by atoms with Crippen molar-refractivity contribution in [2.45, 2.75) is 18.4 Å². The molecule has 0 atom stereocenters. The van der Waals surface area contributed by atoms with Gasteiger partial charge >= 0.3 is 0 Å². The number of ketones is 1. The summed E-state index contributed by atoms with van der Waals surface area (Å²) >= 11 is 1.47. The minimum atomic E-state index is 0.107. The van der Waals surface area contributed by atoms with Crippen LogP contribution in [0.1, 0.15) is 21.7 Å². The van der Waals surface area contributed by atoms with Crippen molar-refractivity contribution < 1.29 is 9.53 Å². The van der Waals surface area contributed by atoms with Gasteiger partial charge < -0.3 is 4.74 Å². The number of aryl methyl sites for hydroxylation is 1. The maximum Gasteiger partial charge on any atom is 0.173 e. The van der Waals surface area contributed by atoms with E-state index in [0.29, 0.717) is 12.4 Å². The third kappa shape index (κ3) is 2.87. The average molecular weight is 336 g/mol. The smallest absolute Gasteiger partial charge is 0.173 e. The molecule has 0 saturated carbocycles. The van der Waals surface area contributed by atoms with Crippen LogP contribution in [0.15, 0.2) is 47.5 Å². The van der Waals surface area contributed by atoms with Crippen LogP contribution in [0.3, 0.4) is 0 Å². The van der Waals surface area contributed by atoms with Gasteiger partial charge in [-0.15, -0.1) is 0 Å². The van der Waals surface area contributed by atoms with Crippen molar-refractivity contribution in [2.75, 3.05) is 12.4 Å². The van der Waals surface area contributed by atoms with Crippen LogP contribution >= 0.6 is 11.8 Å². The zero-order valence-electron chi connectivity index (χ0n) is 13.3. The van der Waals surface area contributed by atoms with E-state index in [0.717, 1.165) is 45.1 Å². The highest BCUT2D eigenvalue weighted by molar-refractivity contribution is 8.00. The fraction of sp³-hybridized carbons (Fsp3) is 0.211. The lowest BCUT2D eigenvalue weighted by molar-refractivity contribution is 0.102. The number of para-hydroxylation sites is 1. The summed E-state index contributed by atoms with van der Waals surface area (Å²) in [6.07, 6.45) is 0.874. The lowest BCUT2D eigenvalue weighted by Gasteiger charge is -2.07. The van der Waals surface area contributed by atoms with Crippen molar-refractivity contribution in [2.24, 2.45) is 0 Å².